The van der Waals surface area contributed by atoms with Gasteiger partial charge in [0, 0.05) is 23.1 Å². The van der Waals surface area contributed by atoms with E-state index in [0.29, 0.717) is 33.5 Å². The second-order valence-corrected chi connectivity index (χ2v) is 8.28. The van der Waals surface area contributed by atoms with E-state index in [9.17, 15) is 4.79 Å². The topological polar surface area (TPSA) is 106 Å². The predicted molar refractivity (Wildman–Crippen MR) is 133 cm³/mol. The molecule has 1 amide bonds. The average molecular weight is 471 g/mol. The van der Waals surface area contributed by atoms with Crippen LogP contribution in [0.4, 0.5) is 5.82 Å². The van der Waals surface area contributed by atoms with E-state index in [0.717, 1.165) is 37.9 Å². The molecule has 9 heteroatoms. The number of primary amides is 1. The summed E-state index contributed by atoms with van der Waals surface area (Å²) >= 11 is 6.38. The van der Waals surface area contributed by atoms with E-state index in [4.69, 9.17) is 27.1 Å². The lowest BCUT2D eigenvalue weighted by Crippen LogP contribution is -2.26. The second-order valence-electron chi connectivity index (χ2n) is 7.88. The number of halogens is 1. The van der Waals surface area contributed by atoms with Crippen LogP contribution in [0.15, 0.2) is 30.5 Å². The summed E-state index contributed by atoms with van der Waals surface area (Å²) in [6.45, 7) is 9.61. The third-order valence-electron chi connectivity index (χ3n) is 5.65. The molecule has 0 aliphatic carbocycles. The van der Waals surface area contributed by atoms with E-state index in [1.165, 1.54) is 6.20 Å². The van der Waals surface area contributed by atoms with E-state index in [-0.39, 0.29) is 11.7 Å². The molecule has 33 heavy (non-hydrogen) atoms. The van der Waals surface area contributed by atoms with Gasteiger partial charge in [-0.3, -0.25) is 4.79 Å². The number of hydrogen-bond donors (Lipinski definition) is 2. The molecular formula is C24H31ClN6O2. The zero-order valence-corrected chi connectivity index (χ0v) is 20.3. The molecule has 176 valence electrons. The van der Waals surface area contributed by atoms with Crippen molar-refractivity contribution in [2.45, 2.75) is 39.7 Å². The fraction of sp³-hybridized carbons (Fsp3) is 0.417. The van der Waals surface area contributed by atoms with Crippen LogP contribution in [0.3, 0.4) is 0 Å². The number of fused-ring (bicyclic) bond motifs is 1. The van der Waals surface area contributed by atoms with Crippen LogP contribution in [0.25, 0.3) is 22.2 Å². The van der Waals surface area contributed by atoms with Gasteiger partial charge in [0.05, 0.1) is 23.8 Å². The first-order valence-corrected chi connectivity index (χ1v) is 11.5. The van der Waals surface area contributed by atoms with Crippen LogP contribution in [0, 0.1) is 0 Å². The zero-order valence-electron chi connectivity index (χ0n) is 19.6. The number of hydrogen-bond acceptors (Lipinski definition) is 7. The Morgan fingerprint density at radius 1 is 1.21 bits per heavy atom. The molecule has 0 bridgehead atoms. The Labute approximate surface area is 199 Å². The number of nitrogens with zero attached hydrogens (tertiary/aromatic N) is 4. The van der Waals surface area contributed by atoms with Gasteiger partial charge in [0.25, 0.3) is 5.91 Å². The number of ether oxygens (including phenoxy) is 1. The molecule has 0 saturated carbocycles. The molecule has 1 unspecified atom stereocenters. The lowest BCUT2D eigenvalue weighted by Gasteiger charge is -2.20. The van der Waals surface area contributed by atoms with Gasteiger partial charge in [0.2, 0.25) is 5.88 Å². The summed E-state index contributed by atoms with van der Waals surface area (Å²) in [5, 5.41) is 4.65. The first kappa shape index (κ1) is 24.7. The van der Waals surface area contributed by atoms with E-state index in [1.54, 1.807) is 25.3 Å². The first-order chi connectivity index (χ1) is 15.9. The Balaban J connectivity index is 1.94. The number of carbonyl (C=O) groups is 1. The van der Waals surface area contributed by atoms with Crippen molar-refractivity contribution in [3.63, 3.8) is 0 Å². The number of nitrogens with one attached hydrogen (secondary N) is 1. The third kappa shape index (κ3) is 5.89. The fourth-order valence-electron chi connectivity index (χ4n) is 3.78. The minimum Gasteiger partial charge on any atom is -0.481 e. The van der Waals surface area contributed by atoms with Gasteiger partial charge in [-0.2, -0.15) is 0 Å². The summed E-state index contributed by atoms with van der Waals surface area (Å²) in [4.78, 5) is 28.1. The molecule has 0 saturated heterocycles. The lowest BCUT2D eigenvalue weighted by molar-refractivity contribution is 0.0996. The highest BCUT2D eigenvalue weighted by Gasteiger charge is 2.19. The molecule has 3 rings (SSSR count). The molecule has 0 fully saturated rings. The minimum atomic E-state index is -0.665. The van der Waals surface area contributed by atoms with Crippen molar-refractivity contribution in [2.24, 2.45) is 5.73 Å². The summed E-state index contributed by atoms with van der Waals surface area (Å²) in [6, 6.07) is 7.25. The van der Waals surface area contributed by atoms with Crippen LogP contribution in [-0.4, -0.2) is 58.5 Å². The van der Waals surface area contributed by atoms with Crippen LogP contribution < -0.4 is 15.8 Å². The molecular weight excluding hydrogens is 440 g/mol. The van der Waals surface area contributed by atoms with Gasteiger partial charge >= 0.3 is 0 Å². The number of amides is 1. The number of benzene rings is 1. The van der Waals surface area contributed by atoms with Gasteiger partial charge in [0.15, 0.2) is 5.69 Å². The molecule has 0 spiro atoms. The van der Waals surface area contributed by atoms with Gasteiger partial charge in [-0.25, -0.2) is 15.0 Å². The molecule has 8 nitrogen and oxygen atoms in total. The highest BCUT2D eigenvalue weighted by molar-refractivity contribution is 6.35. The molecule has 1 atom stereocenters. The van der Waals surface area contributed by atoms with Crippen LogP contribution >= 0.6 is 11.6 Å². The van der Waals surface area contributed by atoms with Crippen molar-refractivity contribution < 1.29 is 9.53 Å². The molecule has 1 aromatic carbocycles. The first-order valence-electron chi connectivity index (χ1n) is 11.2. The van der Waals surface area contributed by atoms with Gasteiger partial charge in [-0.1, -0.05) is 25.4 Å². The minimum absolute atomic E-state index is 0.0722. The maximum atomic E-state index is 12.1. The number of methoxy groups -OCH3 is 1. The van der Waals surface area contributed by atoms with Gasteiger partial charge in [-0.05, 0) is 57.6 Å². The van der Waals surface area contributed by atoms with Gasteiger partial charge < -0.3 is 20.7 Å². The monoisotopic (exact) mass is 470 g/mol. The fourth-order valence-corrected chi connectivity index (χ4v) is 4.00. The Hall–Kier alpha value is -2.97. The Kier molecular flexibility index (Phi) is 8.41. The summed E-state index contributed by atoms with van der Waals surface area (Å²) in [5.41, 5.74) is 7.20. The smallest absolute Gasteiger partial charge is 0.269 e. The summed E-state index contributed by atoms with van der Waals surface area (Å²) in [7, 11) is 1.54. The van der Waals surface area contributed by atoms with E-state index >= 15 is 0 Å². The van der Waals surface area contributed by atoms with Crippen LogP contribution in [-0.2, 0) is 0 Å². The number of rotatable bonds is 11. The van der Waals surface area contributed by atoms with Crippen LogP contribution in [0.1, 0.15) is 44.1 Å². The average Bonchev–Trinajstić information content (AvgIpc) is 2.81. The summed E-state index contributed by atoms with van der Waals surface area (Å²) in [6.07, 6.45) is 3.59. The molecule has 2 aromatic heterocycles. The van der Waals surface area contributed by atoms with Crippen molar-refractivity contribution in [1.29, 1.82) is 0 Å². The highest BCUT2D eigenvalue weighted by Crippen LogP contribution is 2.34. The molecule has 2 heterocycles. The lowest BCUT2D eigenvalue weighted by atomic mass is 10.0. The number of nitrogens with two attached hydrogens (primary N) is 1. The van der Waals surface area contributed by atoms with Gasteiger partial charge in [0.1, 0.15) is 11.5 Å². The number of aromatic nitrogens is 3. The quantitative estimate of drug-likeness (QED) is 0.428. The number of pyridine rings is 1. The molecule has 0 aliphatic rings. The Bertz CT molecular complexity index is 1120. The zero-order chi connectivity index (χ0) is 24.0. The second kappa shape index (κ2) is 11.2. The normalized spacial score (nSPS) is 12.2. The summed E-state index contributed by atoms with van der Waals surface area (Å²) < 4.78 is 5.28. The Morgan fingerprint density at radius 2 is 1.97 bits per heavy atom. The number of carbonyl (C=O) groups excluding carboxylic acids is 1. The van der Waals surface area contributed by atoms with Crippen molar-refractivity contribution in [1.82, 2.24) is 19.9 Å². The molecule has 0 aliphatic heterocycles. The highest BCUT2D eigenvalue weighted by atomic mass is 35.5. The standard InChI is InChI=1S/C24H31ClN6O2/c1-5-31(6-2)13-7-8-15(3)28-19-14-27-23(24(26)32)22(29-19)17-9-11-18(25)16-10-12-20(33-4)30-21(16)17/h9-12,14-15H,5-8,13H2,1-4H3,(H2,26,32)(H,28,29). The van der Waals surface area contributed by atoms with Crippen molar-refractivity contribution in [2.75, 3.05) is 32.1 Å². The maximum Gasteiger partial charge on any atom is 0.269 e. The maximum absolute atomic E-state index is 12.1. The molecule has 0 radical (unpaired) electrons. The Morgan fingerprint density at radius 3 is 2.64 bits per heavy atom. The van der Waals surface area contributed by atoms with Crippen LogP contribution in [0.2, 0.25) is 5.02 Å². The van der Waals surface area contributed by atoms with Crippen molar-refractivity contribution in [3.8, 4) is 17.1 Å². The molecule has 3 N–H and O–H groups in total. The molecule has 3 aromatic rings. The van der Waals surface area contributed by atoms with Crippen molar-refractivity contribution in [3.05, 3.63) is 41.2 Å². The SMILES string of the molecule is CCN(CC)CCCC(C)Nc1cnc(C(N)=O)c(-c2ccc(Cl)c3ccc(OC)nc23)n1. The van der Waals surface area contributed by atoms with Crippen molar-refractivity contribution >= 4 is 34.2 Å². The predicted octanol–water partition coefficient (Wildman–Crippen LogP) is 4.38. The third-order valence-corrected chi connectivity index (χ3v) is 5.98. The number of anilines is 1. The van der Waals surface area contributed by atoms with Gasteiger partial charge in [-0.15, -0.1) is 0 Å². The van der Waals surface area contributed by atoms with E-state index < -0.39 is 5.91 Å². The summed E-state index contributed by atoms with van der Waals surface area (Å²) in [5.74, 6) is 0.328. The van der Waals surface area contributed by atoms with E-state index in [2.05, 4.69) is 41.0 Å². The van der Waals surface area contributed by atoms with E-state index in [1.807, 2.05) is 6.07 Å². The largest absolute Gasteiger partial charge is 0.481 e. The van der Waals surface area contributed by atoms with Crippen LogP contribution in [0.5, 0.6) is 5.88 Å².